The van der Waals surface area contributed by atoms with Gasteiger partial charge in [-0.1, -0.05) is 24.6 Å². The van der Waals surface area contributed by atoms with E-state index >= 15 is 0 Å². The van der Waals surface area contributed by atoms with Gasteiger partial charge in [-0.15, -0.1) is 0 Å². The lowest BCUT2D eigenvalue weighted by Crippen LogP contribution is -2.22. The van der Waals surface area contributed by atoms with E-state index < -0.39 is 11.6 Å². The molecule has 0 fully saturated rings. The maximum absolute atomic E-state index is 13.4. The van der Waals surface area contributed by atoms with Crippen LogP contribution in [0.5, 0.6) is 5.75 Å². The Morgan fingerprint density at radius 1 is 1.10 bits per heavy atom. The molecule has 0 spiro atoms. The van der Waals surface area contributed by atoms with Crippen LogP contribution in [0, 0.1) is 11.6 Å². The topological polar surface area (TPSA) is 21.3 Å². The second kappa shape index (κ2) is 6.87. The molecule has 2 rings (SSSR count). The summed E-state index contributed by atoms with van der Waals surface area (Å²) in [6, 6.07) is 8.42. The molecule has 0 heterocycles. The first kappa shape index (κ1) is 15.7. The number of halogens is 3. The fraction of sp³-hybridized carbons (Fsp3) is 0.250. The molecule has 0 amide bonds. The second-order valence-electron chi connectivity index (χ2n) is 4.59. The zero-order chi connectivity index (χ0) is 15.4. The van der Waals surface area contributed by atoms with Crippen LogP contribution in [0.15, 0.2) is 36.4 Å². The SMILES string of the molecule is CCNC(c1cc(F)cc(F)c1)c1ccc(Cl)c(OC)c1. The standard InChI is InChI=1S/C16H16ClF2NO/c1-3-20-16(11-6-12(18)9-13(19)7-11)10-4-5-14(17)15(8-10)21-2/h4-9,16,20H,3H2,1-2H3. The summed E-state index contributed by atoms with van der Waals surface area (Å²) in [6.45, 7) is 2.57. The van der Waals surface area contributed by atoms with Crippen LogP contribution < -0.4 is 10.1 Å². The average molecular weight is 312 g/mol. The minimum Gasteiger partial charge on any atom is -0.495 e. The van der Waals surface area contributed by atoms with E-state index in [2.05, 4.69) is 5.32 Å². The molecule has 2 aromatic rings. The van der Waals surface area contributed by atoms with Crippen molar-refractivity contribution in [3.05, 3.63) is 64.2 Å². The lowest BCUT2D eigenvalue weighted by atomic mass is 9.98. The monoisotopic (exact) mass is 311 g/mol. The Morgan fingerprint density at radius 3 is 2.33 bits per heavy atom. The molecule has 0 aromatic heterocycles. The highest BCUT2D eigenvalue weighted by Crippen LogP contribution is 2.31. The number of rotatable bonds is 5. The van der Waals surface area contributed by atoms with Crippen LogP contribution in [0.1, 0.15) is 24.1 Å². The van der Waals surface area contributed by atoms with E-state index in [0.717, 1.165) is 11.6 Å². The Morgan fingerprint density at radius 2 is 1.76 bits per heavy atom. The van der Waals surface area contributed by atoms with Crippen molar-refractivity contribution >= 4 is 11.6 Å². The van der Waals surface area contributed by atoms with Crippen molar-refractivity contribution < 1.29 is 13.5 Å². The lowest BCUT2D eigenvalue weighted by molar-refractivity contribution is 0.414. The molecule has 0 aliphatic carbocycles. The van der Waals surface area contributed by atoms with Gasteiger partial charge in [-0.2, -0.15) is 0 Å². The molecule has 5 heteroatoms. The van der Waals surface area contributed by atoms with Gasteiger partial charge >= 0.3 is 0 Å². The summed E-state index contributed by atoms with van der Waals surface area (Å²) < 4.78 is 32.1. The van der Waals surface area contributed by atoms with Crippen LogP contribution in [0.4, 0.5) is 8.78 Å². The molecule has 21 heavy (non-hydrogen) atoms. The van der Waals surface area contributed by atoms with Crippen molar-refractivity contribution in [1.29, 1.82) is 0 Å². The van der Waals surface area contributed by atoms with Crippen molar-refractivity contribution in [3.63, 3.8) is 0 Å². The van der Waals surface area contributed by atoms with Gasteiger partial charge in [-0.25, -0.2) is 8.78 Å². The average Bonchev–Trinajstić information content (AvgIpc) is 2.44. The van der Waals surface area contributed by atoms with Gasteiger partial charge in [0.15, 0.2) is 0 Å². The van der Waals surface area contributed by atoms with E-state index in [1.165, 1.54) is 19.2 Å². The fourth-order valence-corrected chi connectivity index (χ4v) is 2.42. The minimum absolute atomic E-state index is 0.341. The Balaban J connectivity index is 2.47. The first-order chi connectivity index (χ1) is 10.0. The molecule has 2 nitrogen and oxygen atoms in total. The molecule has 2 aromatic carbocycles. The van der Waals surface area contributed by atoms with Crippen LogP contribution in [0.2, 0.25) is 5.02 Å². The van der Waals surface area contributed by atoms with Crippen molar-refractivity contribution in [3.8, 4) is 5.75 Å². The molecule has 112 valence electrons. The highest BCUT2D eigenvalue weighted by Gasteiger charge is 2.16. The molecule has 1 N–H and O–H groups in total. The van der Waals surface area contributed by atoms with Crippen molar-refractivity contribution in [2.24, 2.45) is 0 Å². The maximum Gasteiger partial charge on any atom is 0.137 e. The first-order valence-electron chi connectivity index (χ1n) is 6.58. The van der Waals surface area contributed by atoms with E-state index in [-0.39, 0.29) is 6.04 Å². The smallest absolute Gasteiger partial charge is 0.137 e. The Kier molecular flexibility index (Phi) is 5.15. The number of hydrogen-bond acceptors (Lipinski definition) is 2. The third-order valence-corrected chi connectivity index (χ3v) is 3.45. The van der Waals surface area contributed by atoms with E-state index in [9.17, 15) is 8.78 Å². The highest BCUT2D eigenvalue weighted by molar-refractivity contribution is 6.32. The fourth-order valence-electron chi connectivity index (χ4n) is 2.23. The first-order valence-corrected chi connectivity index (χ1v) is 6.95. The van der Waals surface area contributed by atoms with E-state index in [4.69, 9.17) is 16.3 Å². The highest BCUT2D eigenvalue weighted by atomic mass is 35.5. The molecule has 0 bridgehead atoms. The van der Waals surface area contributed by atoms with Gasteiger partial charge in [0, 0.05) is 6.07 Å². The molecule has 0 saturated carbocycles. The maximum atomic E-state index is 13.4. The van der Waals surface area contributed by atoms with Gasteiger partial charge in [-0.3, -0.25) is 0 Å². The summed E-state index contributed by atoms with van der Waals surface area (Å²) in [5.41, 5.74) is 1.34. The lowest BCUT2D eigenvalue weighted by Gasteiger charge is -2.20. The molecule has 0 radical (unpaired) electrons. The Bertz CT molecular complexity index is 613. The van der Waals surface area contributed by atoms with E-state index in [1.807, 2.05) is 6.92 Å². The summed E-state index contributed by atoms with van der Waals surface area (Å²) in [7, 11) is 1.52. The minimum atomic E-state index is -0.603. The number of hydrogen-bond donors (Lipinski definition) is 1. The summed E-state index contributed by atoms with van der Waals surface area (Å²) >= 11 is 6.01. The van der Waals surface area contributed by atoms with Gasteiger partial charge in [0.25, 0.3) is 0 Å². The molecule has 1 unspecified atom stereocenters. The van der Waals surface area contributed by atoms with E-state index in [1.54, 1.807) is 18.2 Å². The van der Waals surface area contributed by atoms with Crippen LogP contribution in [-0.4, -0.2) is 13.7 Å². The third kappa shape index (κ3) is 3.71. The molecule has 0 aliphatic heterocycles. The number of ether oxygens (including phenoxy) is 1. The second-order valence-corrected chi connectivity index (χ2v) is 4.99. The predicted octanol–water partition coefficient (Wildman–Crippen LogP) is 4.33. The largest absolute Gasteiger partial charge is 0.495 e. The van der Waals surface area contributed by atoms with E-state index in [0.29, 0.717) is 22.9 Å². The summed E-state index contributed by atoms with van der Waals surface area (Å²) in [4.78, 5) is 0. The van der Waals surface area contributed by atoms with Gasteiger partial charge < -0.3 is 10.1 Å². The molecule has 1 atom stereocenters. The zero-order valence-electron chi connectivity index (χ0n) is 11.8. The summed E-state index contributed by atoms with van der Waals surface area (Å²) in [6.07, 6.45) is 0. The number of benzene rings is 2. The van der Waals surface area contributed by atoms with Crippen molar-refractivity contribution in [1.82, 2.24) is 5.32 Å². The van der Waals surface area contributed by atoms with Crippen molar-refractivity contribution in [2.75, 3.05) is 13.7 Å². The van der Waals surface area contributed by atoms with Gasteiger partial charge in [-0.05, 0) is 41.9 Å². The predicted molar refractivity (Wildman–Crippen MR) is 79.9 cm³/mol. The molecule has 0 aliphatic rings. The van der Waals surface area contributed by atoms with Gasteiger partial charge in [0.05, 0.1) is 18.2 Å². The molecular formula is C16H16ClF2NO. The zero-order valence-corrected chi connectivity index (χ0v) is 12.5. The number of methoxy groups -OCH3 is 1. The van der Waals surface area contributed by atoms with Crippen LogP contribution in [0.3, 0.4) is 0 Å². The van der Waals surface area contributed by atoms with Gasteiger partial charge in [0.1, 0.15) is 17.4 Å². The third-order valence-electron chi connectivity index (χ3n) is 3.13. The van der Waals surface area contributed by atoms with Crippen molar-refractivity contribution in [2.45, 2.75) is 13.0 Å². The quantitative estimate of drug-likeness (QED) is 0.887. The summed E-state index contributed by atoms with van der Waals surface area (Å²) in [5, 5.41) is 3.70. The molecular weight excluding hydrogens is 296 g/mol. The summed E-state index contributed by atoms with van der Waals surface area (Å²) in [5.74, 6) is -0.684. The van der Waals surface area contributed by atoms with Crippen LogP contribution >= 0.6 is 11.6 Å². The normalized spacial score (nSPS) is 12.2. The Labute approximate surface area is 127 Å². The van der Waals surface area contributed by atoms with Gasteiger partial charge in [0.2, 0.25) is 0 Å². The molecule has 0 saturated heterocycles. The number of nitrogens with one attached hydrogen (secondary N) is 1. The van der Waals surface area contributed by atoms with Crippen LogP contribution in [0.25, 0.3) is 0 Å². The Hall–Kier alpha value is -1.65. The van der Waals surface area contributed by atoms with Crippen LogP contribution in [-0.2, 0) is 0 Å².